The Bertz CT molecular complexity index is 900. The highest BCUT2D eigenvalue weighted by atomic mass is 16.5. The Balaban J connectivity index is 2.01. The van der Waals surface area contributed by atoms with Crippen molar-refractivity contribution in [1.82, 2.24) is 9.97 Å². The zero-order valence-corrected chi connectivity index (χ0v) is 14.1. The number of para-hydroxylation sites is 1. The number of nitrogens with one attached hydrogen (secondary N) is 1. The first-order valence-corrected chi connectivity index (χ1v) is 8.42. The van der Waals surface area contributed by atoms with Crippen molar-refractivity contribution in [3.05, 3.63) is 58.4 Å². The molecule has 0 bridgehead atoms. The van der Waals surface area contributed by atoms with E-state index in [1.807, 2.05) is 43.3 Å². The number of unbranched alkanes of at least 4 members (excludes halogenated alkanes) is 2. The van der Waals surface area contributed by atoms with Gasteiger partial charge in [-0.05, 0) is 37.6 Å². The summed E-state index contributed by atoms with van der Waals surface area (Å²) in [6, 6.07) is 13.3. The minimum absolute atomic E-state index is 0.131. The molecular formula is C20H22N2O2. The van der Waals surface area contributed by atoms with Crippen LogP contribution in [0.3, 0.4) is 0 Å². The number of hydrogen-bond acceptors (Lipinski definition) is 3. The average Bonchev–Trinajstić information content (AvgIpc) is 2.59. The lowest BCUT2D eigenvalue weighted by Gasteiger charge is -2.12. The molecule has 0 radical (unpaired) electrons. The van der Waals surface area contributed by atoms with Crippen molar-refractivity contribution in [2.24, 2.45) is 0 Å². The molecule has 0 amide bonds. The van der Waals surface area contributed by atoms with Crippen molar-refractivity contribution in [2.45, 2.75) is 33.1 Å². The third-order valence-electron chi connectivity index (χ3n) is 4.01. The van der Waals surface area contributed by atoms with Gasteiger partial charge in [0.25, 0.3) is 5.56 Å². The fourth-order valence-electron chi connectivity index (χ4n) is 2.70. The number of nitrogens with zero attached hydrogens (tertiary/aromatic N) is 1. The summed E-state index contributed by atoms with van der Waals surface area (Å²) in [4.78, 5) is 19.8. The van der Waals surface area contributed by atoms with Crippen molar-refractivity contribution < 1.29 is 4.74 Å². The molecule has 0 unspecified atom stereocenters. The fourth-order valence-corrected chi connectivity index (χ4v) is 2.70. The van der Waals surface area contributed by atoms with Crippen LogP contribution >= 0.6 is 0 Å². The number of aryl methyl sites for hydroxylation is 1. The maximum Gasteiger partial charge on any atom is 0.259 e. The van der Waals surface area contributed by atoms with E-state index in [1.54, 1.807) is 6.07 Å². The van der Waals surface area contributed by atoms with Crippen LogP contribution in [-0.2, 0) is 0 Å². The molecule has 3 rings (SSSR count). The molecule has 1 N–H and O–H groups in total. The molecule has 0 atom stereocenters. The van der Waals surface area contributed by atoms with Crippen LogP contribution in [0.15, 0.2) is 47.3 Å². The lowest BCUT2D eigenvalue weighted by molar-refractivity contribution is 0.307. The Labute approximate surface area is 141 Å². The Morgan fingerprint density at radius 2 is 1.96 bits per heavy atom. The second-order valence-electron chi connectivity index (χ2n) is 5.99. The van der Waals surface area contributed by atoms with Gasteiger partial charge in [-0.25, -0.2) is 4.98 Å². The molecule has 4 nitrogen and oxygen atoms in total. The zero-order chi connectivity index (χ0) is 16.9. The van der Waals surface area contributed by atoms with Crippen LogP contribution in [0.4, 0.5) is 0 Å². The third-order valence-corrected chi connectivity index (χ3v) is 4.01. The van der Waals surface area contributed by atoms with Crippen molar-refractivity contribution in [1.29, 1.82) is 0 Å². The summed E-state index contributed by atoms with van der Waals surface area (Å²) in [6.07, 6.45) is 3.32. The van der Waals surface area contributed by atoms with Crippen LogP contribution in [0.5, 0.6) is 5.75 Å². The van der Waals surface area contributed by atoms with Gasteiger partial charge in [0.1, 0.15) is 11.6 Å². The lowest BCUT2D eigenvalue weighted by atomic mass is 10.1. The number of H-pyrrole nitrogens is 1. The molecule has 4 heteroatoms. The topological polar surface area (TPSA) is 55.0 Å². The fraction of sp³-hybridized carbons (Fsp3) is 0.300. The summed E-state index contributed by atoms with van der Waals surface area (Å²) < 4.78 is 5.94. The smallest absolute Gasteiger partial charge is 0.259 e. The van der Waals surface area contributed by atoms with Crippen LogP contribution in [0, 0.1) is 6.92 Å². The highest BCUT2D eigenvalue weighted by Crippen LogP contribution is 2.29. The lowest BCUT2D eigenvalue weighted by Crippen LogP contribution is -2.10. The first-order valence-electron chi connectivity index (χ1n) is 8.42. The SMILES string of the molecule is CCCCCOc1ccc(C)cc1-c1nc2ccccc2c(=O)[nH]1. The second kappa shape index (κ2) is 7.30. The average molecular weight is 322 g/mol. The van der Waals surface area contributed by atoms with Crippen LogP contribution in [-0.4, -0.2) is 16.6 Å². The Morgan fingerprint density at radius 3 is 2.79 bits per heavy atom. The van der Waals surface area contributed by atoms with Gasteiger partial charge >= 0.3 is 0 Å². The van der Waals surface area contributed by atoms with Crippen LogP contribution in [0.1, 0.15) is 31.7 Å². The van der Waals surface area contributed by atoms with E-state index in [1.165, 1.54) is 0 Å². The summed E-state index contributed by atoms with van der Waals surface area (Å²) >= 11 is 0. The van der Waals surface area contributed by atoms with Gasteiger partial charge in [0.2, 0.25) is 0 Å². The number of aromatic amines is 1. The van der Waals surface area contributed by atoms with E-state index >= 15 is 0 Å². The van der Waals surface area contributed by atoms with Crippen molar-refractivity contribution >= 4 is 10.9 Å². The molecule has 0 saturated heterocycles. The molecule has 0 spiro atoms. The maximum absolute atomic E-state index is 12.3. The number of hydrogen-bond donors (Lipinski definition) is 1. The van der Waals surface area contributed by atoms with Crippen LogP contribution in [0.25, 0.3) is 22.3 Å². The predicted molar refractivity (Wildman–Crippen MR) is 97.6 cm³/mol. The molecule has 2 aromatic carbocycles. The van der Waals surface area contributed by atoms with Gasteiger partial charge in [0.15, 0.2) is 0 Å². The number of ether oxygens (including phenoxy) is 1. The van der Waals surface area contributed by atoms with Gasteiger partial charge in [-0.1, -0.05) is 43.5 Å². The van der Waals surface area contributed by atoms with Gasteiger partial charge in [-0.2, -0.15) is 0 Å². The summed E-state index contributed by atoms with van der Waals surface area (Å²) in [5, 5.41) is 0.597. The van der Waals surface area contributed by atoms with E-state index in [9.17, 15) is 4.79 Å². The molecular weight excluding hydrogens is 300 g/mol. The number of rotatable bonds is 6. The van der Waals surface area contributed by atoms with Gasteiger partial charge < -0.3 is 9.72 Å². The van der Waals surface area contributed by atoms with Gasteiger partial charge in [0.05, 0.1) is 23.1 Å². The van der Waals surface area contributed by atoms with E-state index in [4.69, 9.17) is 4.74 Å². The largest absolute Gasteiger partial charge is 0.493 e. The van der Waals surface area contributed by atoms with Gasteiger partial charge in [-0.15, -0.1) is 0 Å². The third kappa shape index (κ3) is 3.48. The minimum Gasteiger partial charge on any atom is -0.493 e. The van der Waals surface area contributed by atoms with E-state index < -0.39 is 0 Å². The van der Waals surface area contributed by atoms with E-state index in [-0.39, 0.29) is 5.56 Å². The first-order chi connectivity index (χ1) is 11.7. The molecule has 0 saturated carbocycles. The minimum atomic E-state index is -0.131. The molecule has 24 heavy (non-hydrogen) atoms. The summed E-state index contributed by atoms with van der Waals surface area (Å²) in [5.74, 6) is 1.31. The summed E-state index contributed by atoms with van der Waals surface area (Å²) in [5.41, 5.74) is 2.49. The van der Waals surface area contributed by atoms with Crippen molar-refractivity contribution in [3.8, 4) is 17.1 Å². The Hall–Kier alpha value is -2.62. The van der Waals surface area contributed by atoms with Crippen molar-refractivity contribution in [3.63, 3.8) is 0 Å². The first kappa shape index (κ1) is 16.2. The Morgan fingerprint density at radius 1 is 1.12 bits per heavy atom. The monoisotopic (exact) mass is 322 g/mol. The van der Waals surface area contributed by atoms with Crippen LogP contribution in [0.2, 0.25) is 0 Å². The summed E-state index contributed by atoms with van der Waals surface area (Å²) in [7, 11) is 0. The summed E-state index contributed by atoms with van der Waals surface area (Å²) in [6.45, 7) is 4.85. The number of aromatic nitrogens is 2. The van der Waals surface area contributed by atoms with Gasteiger partial charge in [0, 0.05) is 0 Å². The predicted octanol–water partition coefficient (Wildman–Crippen LogP) is 4.47. The molecule has 1 aromatic heterocycles. The second-order valence-corrected chi connectivity index (χ2v) is 5.99. The number of benzene rings is 2. The van der Waals surface area contributed by atoms with Crippen molar-refractivity contribution in [2.75, 3.05) is 6.61 Å². The Kier molecular flexibility index (Phi) is 4.94. The van der Waals surface area contributed by atoms with Crippen LogP contribution < -0.4 is 10.3 Å². The molecule has 0 aliphatic rings. The normalized spacial score (nSPS) is 10.9. The molecule has 0 aliphatic heterocycles. The standard InChI is InChI=1S/C20H22N2O2/c1-3-4-7-12-24-18-11-10-14(2)13-16(18)19-21-17-9-6-5-8-15(17)20(23)22-19/h5-6,8-11,13H,3-4,7,12H2,1-2H3,(H,21,22,23). The number of fused-ring (bicyclic) bond motifs is 1. The van der Waals surface area contributed by atoms with Gasteiger partial charge in [-0.3, -0.25) is 4.79 Å². The van der Waals surface area contributed by atoms with E-state index in [0.29, 0.717) is 23.3 Å². The molecule has 124 valence electrons. The zero-order valence-electron chi connectivity index (χ0n) is 14.1. The van der Waals surface area contributed by atoms with E-state index in [2.05, 4.69) is 16.9 Å². The molecule has 1 heterocycles. The highest BCUT2D eigenvalue weighted by molar-refractivity contribution is 5.80. The van der Waals surface area contributed by atoms with E-state index in [0.717, 1.165) is 36.1 Å². The molecule has 0 aliphatic carbocycles. The maximum atomic E-state index is 12.3. The quantitative estimate of drug-likeness (QED) is 0.681. The highest BCUT2D eigenvalue weighted by Gasteiger charge is 2.11. The molecule has 0 fully saturated rings. The molecule has 3 aromatic rings.